The SMILES string of the molecule is COC(=O)C(CSC)c1cccc(C)c1. The minimum atomic E-state index is -0.157. The maximum absolute atomic E-state index is 11.6. The molecule has 0 bridgehead atoms. The Hall–Kier alpha value is -0.960. The standard InChI is InChI=1S/C12H16O2S/c1-9-5-4-6-10(7-9)11(8-15-3)12(13)14-2/h4-7,11H,8H2,1-3H3. The molecule has 0 aliphatic rings. The Kier molecular flexibility index (Phi) is 4.69. The van der Waals surface area contributed by atoms with Crippen LogP contribution in [0.2, 0.25) is 0 Å². The molecule has 0 heterocycles. The van der Waals surface area contributed by atoms with Gasteiger partial charge in [0.05, 0.1) is 13.0 Å². The number of rotatable bonds is 4. The first-order valence-electron chi connectivity index (χ1n) is 4.82. The zero-order chi connectivity index (χ0) is 11.3. The second kappa shape index (κ2) is 5.81. The van der Waals surface area contributed by atoms with Crippen LogP contribution in [0.3, 0.4) is 0 Å². The molecule has 3 heteroatoms. The van der Waals surface area contributed by atoms with Crippen LogP contribution in [0.1, 0.15) is 17.0 Å². The van der Waals surface area contributed by atoms with Crippen molar-refractivity contribution >= 4 is 17.7 Å². The fourth-order valence-electron chi connectivity index (χ4n) is 1.50. The number of hydrogen-bond donors (Lipinski definition) is 0. The third-order valence-corrected chi connectivity index (χ3v) is 2.93. The zero-order valence-corrected chi connectivity index (χ0v) is 10.1. The van der Waals surface area contributed by atoms with Crippen LogP contribution in [0.4, 0.5) is 0 Å². The third-order valence-electron chi connectivity index (χ3n) is 2.26. The van der Waals surface area contributed by atoms with Crippen molar-refractivity contribution < 1.29 is 9.53 Å². The highest BCUT2D eigenvalue weighted by atomic mass is 32.2. The van der Waals surface area contributed by atoms with E-state index in [0.717, 1.165) is 11.3 Å². The topological polar surface area (TPSA) is 26.3 Å². The molecule has 15 heavy (non-hydrogen) atoms. The van der Waals surface area contributed by atoms with E-state index in [-0.39, 0.29) is 11.9 Å². The van der Waals surface area contributed by atoms with Gasteiger partial charge in [-0.2, -0.15) is 11.8 Å². The largest absolute Gasteiger partial charge is 0.469 e. The second-order valence-corrected chi connectivity index (χ2v) is 4.36. The molecular weight excluding hydrogens is 208 g/mol. The Morgan fingerprint density at radius 1 is 1.53 bits per heavy atom. The second-order valence-electron chi connectivity index (χ2n) is 3.45. The van der Waals surface area contributed by atoms with Crippen molar-refractivity contribution in [3.63, 3.8) is 0 Å². The third kappa shape index (κ3) is 3.27. The number of hydrogen-bond acceptors (Lipinski definition) is 3. The number of benzene rings is 1. The average Bonchev–Trinajstić information content (AvgIpc) is 2.25. The summed E-state index contributed by atoms with van der Waals surface area (Å²) in [4.78, 5) is 11.6. The van der Waals surface area contributed by atoms with Crippen molar-refractivity contribution in [1.29, 1.82) is 0 Å². The van der Waals surface area contributed by atoms with Crippen molar-refractivity contribution in [3.05, 3.63) is 35.4 Å². The first kappa shape index (κ1) is 12.1. The Morgan fingerprint density at radius 3 is 2.80 bits per heavy atom. The van der Waals surface area contributed by atoms with E-state index in [1.165, 1.54) is 12.7 Å². The molecule has 0 aromatic heterocycles. The van der Waals surface area contributed by atoms with Gasteiger partial charge in [0.1, 0.15) is 0 Å². The van der Waals surface area contributed by atoms with Gasteiger partial charge in [0.15, 0.2) is 0 Å². The summed E-state index contributed by atoms with van der Waals surface area (Å²) in [6.07, 6.45) is 1.99. The molecule has 82 valence electrons. The van der Waals surface area contributed by atoms with Gasteiger partial charge in [0.2, 0.25) is 0 Å². The van der Waals surface area contributed by atoms with Gasteiger partial charge >= 0.3 is 5.97 Å². The number of aryl methyl sites for hydroxylation is 1. The molecule has 0 aliphatic heterocycles. The van der Waals surface area contributed by atoms with Gasteiger partial charge < -0.3 is 4.74 Å². The van der Waals surface area contributed by atoms with E-state index in [0.29, 0.717) is 0 Å². The Bertz CT molecular complexity index is 336. The molecule has 1 rings (SSSR count). The highest BCUT2D eigenvalue weighted by molar-refractivity contribution is 7.98. The fraction of sp³-hybridized carbons (Fsp3) is 0.417. The number of carbonyl (C=O) groups is 1. The number of carbonyl (C=O) groups excluding carboxylic acids is 1. The Balaban J connectivity index is 2.93. The first-order chi connectivity index (χ1) is 7.19. The van der Waals surface area contributed by atoms with Crippen LogP contribution in [-0.2, 0) is 9.53 Å². The Labute approximate surface area is 95.0 Å². The fourth-order valence-corrected chi connectivity index (χ4v) is 2.16. The predicted octanol–water partition coefficient (Wildman–Crippen LogP) is 2.61. The summed E-state index contributed by atoms with van der Waals surface area (Å²) in [5, 5.41) is 0. The number of ether oxygens (including phenoxy) is 1. The molecule has 0 amide bonds. The molecule has 1 aromatic carbocycles. The van der Waals surface area contributed by atoms with Gasteiger partial charge in [0.25, 0.3) is 0 Å². The maximum Gasteiger partial charge on any atom is 0.313 e. The van der Waals surface area contributed by atoms with E-state index >= 15 is 0 Å². The van der Waals surface area contributed by atoms with Crippen LogP contribution >= 0.6 is 11.8 Å². The highest BCUT2D eigenvalue weighted by Crippen LogP contribution is 2.22. The summed E-state index contributed by atoms with van der Waals surface area (Å²) in [5.74, 6) is 0.454. The van der Waals surface area contributed by atoms with E-state index in [1.807, 2.05) is 37.4 Å². The minimum absolute atomic E-state index is 0.148. The molecule has 0 saturated carbocycles. The molecule has 0 N–H and O–H groups in total. The Morgan fingerprint density at radius 2 is 2.27 bits per heavy atom. The lowest BCUT2D eigenvalue weighted by molar-refractivity contribution is -0.141. The zero-order valence-electron chi connectivity index (χ0n) is 9.32. The minimum Gasteiger partial charge on any atom is -0.469 e. The van der Waals surface area contributed by atoms with Crippen molar-refractivity contribution in [3.8, 4) is 0 Å². The van der Waals surface area contributed by atoms with Gasteiger partial charge in [-0.1, -0.05) is 29.8 Å². The van der Waals surface area contributed by atoms with Gasteiger partial charge in [-0.05, 0) is 18.7 Å². The molecule has 0 fully saturated rings. The molecular formula is C12H16O2S. The molecule has 1 unspecified atom stereocenters. The number of thioether (sulfide) groups is 1. The molecule has 0 aliphatic carbocycles. The van der Waals surface area contributed by atoms with Crippen LogP contribution in [0, 0.1) is 6.92 Å². The number of esters is 1. The van der Waals surface area contributed by atoms with Gasteiger partial charge in [0, 0.05) is 5.75 Å². The molecule has 0 spiro atoms. The summed E-state index contributed by atoms with van der Waals surface area (Å²) in [7, 11) is 1.44. The summed E-state index contributed by atoms with van der Waals surface area (Å²) in [6, 6.07) is 8.01. The highest BCUT2D eigenvalue weighted by Gasteiger charge is 2.20. The van der Waals surface area contributed by atoms with E-state index in [1.54, 1.807) is 11.8 Å². The molecule has 0 radical (unpaired) electrons. The summed E-state index contributed by atoms with van der Waals surface area (Å²) >= 11 is 1.65. The lowest BCUT2D eigenvalue weighted by Gasteiger charge is -2.14. The lowest BCUT2D eigenvalue weighted by atomic mass is 9.99. The monoisotopic (exact) mass is 224 g/mol. The normalized spacial score (nSPS) is 12.2. The molecule has 0 saturated heterocycles. The van der Waals surface area contributed by atoms with Gasteiger partial charge in [-0.3, -0.25) is 4.79 Å². The summed E-state index contributed by atoms with van der Waals surface area (Å²) in [6.45, 7) is 2.02. The predicted molar refractivity (Wildman–Crippen MR) is 64.3 cm³/mol. The van der Waals surface area contributed by atoms with Crippen molar-refractivity contribution in [2.45, 2.75) is 12.8 Å². The van der Waals surface area contributed by atoms with E-state index < -0.39 is 0 Å². The summed E-state index contributed by atoms with van der Waals surface area (Å²) in [5.41, 5.74) is 2.21. The van der Waals surface area contributed by atoms with Crippen LogP contribution in [-0.4, -0.2) is 25.1 Å². The average molecular weight is 224 g/mol. The van der Waals surface area contributed by atoms with Gasteiger partial charge in [-0.25, -0.2) is 0 Å². The van der Waals surface area contributed by atoms with Crippen LogP contribution in [0.5, 0.6) is 0 Å². The molecule has 1 aromatic rings. The van der Waals surface area contributed by atoms with Gasteiger partial charge in [-0.15, -0.1) is 0 Å². The van der Waals surface area contributed by atoms with E-state index in [2.05, 4.69) is 0 Å². The lowest BCUT2D eigenvalue weighted by Crippen LogP contribution is -2.16. The van der Waals surface area contributed by atoms with Crippen LogP contribution in [0.15, 0.2) is 24.3 Å². The first-order valence-corrected chi connectivity index (χ1v) is 6.21. The van der Waals surface area contributed by atoms with E-state index in [9.17, 15) is 4.79 Å². The smallest absolute Gasteiger partial charge is 0.313 e. The molecule has 2 nitrogen and oxygen atoms in total. The number of methoxy groups -OCH3 is 1. The van der Waals surface area contributed by atoms with E-state index in [4.69, 9.17) is 4.74 Å². The van der Waals surface area contributed by atoms with Crippen LogP contribution in [0.25, 0.3) is 0 Å². The van der Waals surface area contributed by atoms with Crippen molar-refractivity contribution in [2.24, 2.45) is 0 Å². The molecule has 1 atom stereocenters. The van der Waals surface area contributed by atoms with Crippen molar-refractivity contribution in [1.82, 2.24) is 0 Å². The quantitative estimate of drug-likeness (QED) is 0.735. The summed E-state index contributed by atoms with van der Waals surface area (Å²) < 4.78 is 4.81. The van der Waals surface area contributed by atoms with Crippen molar-refractivity contribution in [2.75, 3.05) is 19.1 Å². The van der Waals surface area contributed by atoms with Crippen LogP contribution < -0.4 is 0 Å². The maximum atomic E-state index is 11.6.